The topological polar surface area (TPSA) is 134 Å². The quantitative estimate of drug-likeness (QED) is 0.0454. The number of benzene rings is 2. The fraction of sp³-hybridized carbons (Fsp3) is 0.282. The highest BCUT2D eigenvalue weighted by Crippen LogP contribution is 2.27. The van der Waals surface area contributed by atoms with Gasteiger partial charge >= 0.3 is 11.9 Å². The third kappa shape index (κ3) is 17.3. The van der Waals surface area contributed by atoms with Gasteiger partial charge in [0, 0.05) is 12.1 Å². The summed E-state index contributed by atoms with van der Waals surface area (Å²) in [5.74, 6) is -2.01. The molecule has 0 aliphatic carbocycles. The zero-order chi connectivity index (χ0) is 34.8. The second-order valence-corrected chi connectivity index (χ2v) is 10.5. The van der Waals surface area contributed by atoms with Gasteiger partial charge in [0.05, 0.1) is 29.8 Å². The molecular formula is C39H45N3O6. The van der Waals surface area contributed by atoms with Crippen molar-refractivity contribution < 1.29 is 29.0 Å². The van der Waals surface area contributed by atoms with Gasteiger partial charge in [-0.25, -0.2) is 0 Å². The first-order chi connectivity index (χ1) is 23.3. The summed E-state index contributed by atoms with van der Waals surface area (Å²) in [7, 11) is 0. The maximum atomic E-state index is 12.4. The number of rotatable bonds is 21. The first kappa shape index (κ1) is 38.7. The Labute approximate surface area is 283 Å². The standard InChI is InChI=1S/C39H45N3O6/c1-3-4-5-6-7-8-9-10-11-12-13-14-15-16-17-18-19-20-21-38(46)48-36-27-26-34(30-35(36)31(2)43)42-41-33-24-22-32(23-25-33)39(47)40-29-28-37(44)45/h4-5,7-8,10-11,13-14,16-17,19-20,22-27,30H,3,6,9,12,15,18,21,28-29H2,1-2H3,(H,40,47)(H,44,45)/b5-4-,8-7-,11-10-,14-13-,17-16-,20-19-,42-41?. The van der Waals surface area contributed by atoms with Crippen LogP contribution in [0.5, 0.6) is 5.75 Å². The molecule has 0 unspecified atom stereocenters. The lowest BCUT2D eigenvalue weighted by Gasteiger charge is -2.08. The van der Waals surface area contributed by atoms with Crippen molar-refractivity contribution in [3.63, 3.8) is 0 Å². The van der Waals surface area contributed by atoms with Crippen LogP contribution in [0.1, 0.15) is 85.9 Å². The number of Topliss-reactive ketones (excluding diaryl/α,β-unsaturated/α-hetero) is 1. The molecule has 0 aromatic heterocycles. The van der Waals surface area contributed by atoms with Crippen LogP contribution in [0.25, 0.3) is 0 Å². The van der Waals surface area contributed by atoms with Crippen LogP contribution in [0.3, 0.4) is 0 Å². The number of carbonyl (C=O) groups excluding carboxylic acids is 3. The number of ether oxygens (including phenoxy) is 1. The minimum Gasteiger partial charge on any atom is -0.481 e. The molecule has 1 amide bonds. The molecule has 0 heterocycles. The minimum absolute atomic E-state index is 0.0297. The Hall–Kier alpha value is -5.44. The molecule has 0 saturated carbocycles. The summed E-state index contributed by atoms with van der Waals surface area (Å²) in [6.45, 7) is 3.54. The third-order valence-corrected chi connectivity index (χ3v) is 6.48. The predicted octanol–water partition coefficient (Wildman–Crippen LogP) is 9.50. The molecule has 2 N–H and O–H groups in total. The number of hydrogen-bond acceptors (Lipinski definition) is 7. The van der Waals surface area contributed by atoms with E-state index in [0.29, 0.717) is 23.4 Å². The van der Waals surface area contributed by atoms with E-state index in [1.807, 2.05) is 12.2 Å². The highest BCUT2D eigenvalue weighted by molar-refractivity contribution is 5.98. The minimum atomic E-state index is -0.994. The van der Waals surface area contributed by atoms with E-state index in [2.05, 4.69) is 77.2 Å². The molecule has 0 aliphatic heterocycles. The van der Waals surface area contributed by atoms with Gasteiger partial charge in [0.2, 0.25) is 0 Å². The fourth-order valence-electron chi connectivity index (χ4n) is 3.99. The molecule has 252 valence electrons. The number of nitrogens with one attached hydrogen (secondary N) is 1. The third-order valence-electron chi connectivity index (χ3n) is 6.48. The molecule has 2 aromatic rings. The van der Waals surface area contributed by atoms with Crippen molar-refractivity contribution in [3.05, 3.63) is 127 Å². The number of esters is 1. The average molecular weight is 652 g/mol. The van der Waals surface area contributed by atoms with E-state index in [9.17, 15) is 19.2 Å². The first-order valence-electron chi connectivity index (χ1n) is 16.1. The highest BCUT2D eigenvalue weighted by atomic mass is 16.5. The molecule has 0 spiro atoms. The maximum Gasteiger partial charge on any atom is 0.315 e. The normalized spacial score (nSPS) is 12.1. The molecule has 0 fully saturated rings. The summed E-state index contributed by atoms with van der Waals surface area (Å²) in [6, 6.07) is 10.9. The summed E-state index contributed by atoms with van der Waals surface area (Å²) in [5, 5.41) is 19.5. The van der Waals surface area contributed by atoms with Gasteiger partial charge in [-0.05, 0) is 87.9 Å². The Morgan fingerprint density at radius 3 is 1.73 bits per heavy atom. The number of nitrogens with zero attached hydrogens (tertiary/aromatic N) is 2. The van der Waals surface area contributed by atoms with Crippen LogP contribution < -0.4 is 10.1 Å². The van der Waals surface area contributed by atoms with Gasteiger partial charge in [0.15, 0.2) is 5.78 Å². The molecule has 9 nitrogen and oxygen atoms in total. The zero-order valence-electron chi connectivity index (χ0n) is 27.7. The van der Waals surface area contributed by atoms with Gasteiger partial charge < -0.3 is 15.2 Å². The van der Waals surface area contributed by atoms with Gasteiger partial charge in [-0.3, -0.25) is 19.2 Å². The largest absolute Gasteiger partial charge is 0.481 e. The van der Waals surface area contributed by atoms with Crippen molar-refractivity contribution in [2.75, 3.05) is 6.54 Å². The Morgan fingerprint density at radius 2 is 1.21 bits per heavy atom. The van der Waals surface area contributed by atoms with Crippen LogP contribution >= 0.6 is 0 Å². The maximum absolute atomic E-state index is 12.4. The molecule has 0 radical (unpaired) electrons. The van der Waals surface area contributed by atoms with Crippen molar-refractivity contribution in [3.8, 4) is 5.75 Å². The molecule has 2 rings (SSSR count). The number of amides is 1. The first-order valence-corrected chi connectivity index (χ1v) is 16.1. The van der Waals surface area contributed by atoms with Gasteiger partial charge in [-0.1, -0.05) is 79.8 Å². The summed E-state index contributed by atoms with van der Waals surface area (Å²) in [4.78, 5) is 47.3. The van der Waals surface area contributed by atoms with Gasteiger partial charge in [-0.2, -0.15) is 10.2 Å². The van der Waals surface area contributed by atoms with Crippen LogP contribution in [0.2, 0.25) is 0 Å². The number of aliphatic carboxylic acids is 1. The van der Waals surface area contributed by atoms with Gasteiger partial charge in [-0.15, -0.1) is 0 Å². The second-order valence-electron chi connectivity index (χ2n) is 10.5. The van der Waals surface area contributed by atoms with E-state index in [-0.39, 0.29) is 36.5 Å². The van der Waals surface area contributed by atoms with E-state index in [1.165, 1.54) is 19.1 Å². The van der Waals surface area contributed by atoms with Crippen LogP contribution in [-0.4, -0.2) is 35.3 Å². The van der Waals surface area contributed by atoms with Crippen molar-refractivity contribution >= 4 is 35.0 Å². The number of carboxylic acid groups (broad SMARTS) is 1. The van der Waals surface area contributed by atoms with E-state index >= 15 is 0 Å². The predicted molar refractivity (Wildman–Crippen MR) is 190 cm³/mol. The number of carbonyl (C=O) groups is 4. The van der Waals surface area contributed by atoms with Crippen LogP contribution in [0.4, 0.5) is 11.4 Å². The Kier molecular flexibility index (Phi) is 19.2. The molecule has 48 heavy (non-hydrogen) atoms. The molecule has 0 atom stereocenters. The monoisotopic (exact) mass is 651 g/mol. The molecule has 0 aliphatic rings. The lowest BCUT2D eigenvalue weighted by Crippen LogP contribution is -2.25. The fourth-order valence-corrected chi connectivity index (χ4v) is 3.99. The van der Waals surface area contributed by atoms with Crippen molar-refractivity contribution in [2.24, 2.45) is 10.2 Å². The van der Waals surface area contributed by atoms with Crippen molar-refractivity contribution in [2.45, 2.75) is 65.2 Å². The number of azo groups is 1. The molecule has 0 bridgehead atoms. The molecular weight excluding hydrogens is 606 g/mol. The Morgan fingerprint density at radius 1 is 0.708 bits per heavy atom. The highest BCUT2D eigenvalue weighted by Gasteiger charge is 2.13. The van der Waals surface area contributed by atoms with Crippen LogP contribution in [-0.2, 0) is 9.59 Å². The molecule has 9 heteroatoms. The summed E-state index contributed by atoms with van der Waals surface area (Å²) >= 11 is 0. The van der Waals surface area contributed by atoms with Crippen LogP contribution in [0.15, 0.2) is 126 Å². The van der Waals surface area contributed by atoms with Crippen molar-refractivity contribution in [1.82, 2.24) is 5.32 Å². The lowest BCUT2D eigenvalue weighted by atomic mass is 10.1. The van der Waals surface area contributed by atoms with Crippen molar-refractivity contribution in [1.29, 1.82) is 0 Å². The van der Waals surface area contributed by atoms with E-state index in [4.69, 9.17) is 9.84 Å². The van der Waals surface area contributed by atoms with Gasteiger partial charge in [0.1, 0.15) is 5.75 Å². The lowest BCUT2D eigenvalue weighted by molar-refractivity contribution is -0.137. The molecule has 0 saturated heterocycles. The SMILES string of the molecule is CC/C=C\C/C=C\C/C=C\C/C=C\C/C=C\C/C=C\CC(=O)Oc1ccc(N=Nc2ccc(C(=O)NCCC(=O)O)cc2)cc1C(C)=O. The Balaban J connectivity index is 1.75. The smallest absolute Gasteiger partial charge is 0.315 e. The van der Waals surface area contributed by atoms with Crippen LogP contribution in [0, 0.1) is 0 Å². The summed E-state index contributed by atoms with van der Waals surface area (Å²) in [6.07, 6.45) is 30.4. The van der Waals surface area contributed by atoms with E-state index in [0.717, 1.165) is 32.1 Å². The Bertz CT molecular complexity index is 1550. The number of hydrogen-bond donors (Lipinski definition) is 2. The van der Waals surface area contributed by atoms with E-state index < -0.39 is 17.8 Å². The zero-order valence-corrected chi connectivity index (χ0v) is 27.7. The number of ketones is 1. The number of carboxylic acids is 1. The average Bonchev–Trinajstić information content (AvgIpc) is 3.07. The second kappa shape index (κ2) is 23.8. The van der Waals surface area contributed by atoms with E-state index in [1.54, 1.807) is 36.4 Å². The number of allylic oxidation sites excluding steroid dienone is 11. The molecule has 2 aromatic carbocycles. The summed E-state index contributed by atoms with van der Waals surface area (Å²) < 4.78 is 5.44. The summed E-state index contributed by atoms with van der Waals surface area (Å²) in [5.41, 5.74) is 1.41. The van der Waals surface area contributed by atoms with Gasteiger partial charge in [0.25, 0.3) is 5.91 Å².